The lowest BCUT2D eigenvalue weighted by Crippen LogP contribution is -2.40. The van der Waals surface area contributed by atoms with Crippen LogP contribution in [-0.4, -0.2) is 45.5 Å². The van der Waals surface area contributed by atoms with Crippen molar-refractivity contribution in [3.05, 3.63) is 0 Å². The van der Waals surface area contributed by atoms with Gasteiger partial charge in [-0.05, 0) is 82.2 Å². The van der Waals surface area contributed by atoms with Crippen molar-refractivity contribution < 1.29 is 9.53 Å². The molecule has 124 valence electrons. The largest absolute Gasteiger partial charge is 0.462 e. The molecule has 0 unspecified atom stereocenters. The van der Waals surface area contributed by atoms with E-state index in [1.165, 1.54) is 44.9 Å². The van der Waals surface area contributed by atoms with Crippen molar-refractivity contribution in [3.8, 4) is 0 Å². The first-order valence-corrected chi connectivity index (χ1v) is 9.55. The van der Waals surface area contributed by atoms with Gasteiger partial charge in [-0.3, -0.25) is 4.79 Å². The Balaban J connectivity index is 1.54. The van der Waals surface area contributed by atoms with Gasteiger partial charge in [0.2, 0.25) is 0 Å². The fourth-order valence-corrected chi connectivity index (χ4v) is 6.84. The maximum atomic E-state index is 12.7. The molecule has 23 heavy (non-hydrogen) atoms. The third kappa shape index (κ3) is 1.85. The number of nitrogens with zero attached hydrogens (tertiary/aromatic N) is 1. The highest BCUT2D eigenvalue weighted by atomic mass is 16.6. The molecule has 0 aromatic carbocycles. The van der Waals surface area contributed by atoms with E-state index < -0.39 is 5.31 Å². The molecule has 0 amide bonds. The van der Waals surface area contributed by atoms with Crippen LogP contribution in [0.3, 0.4) is 0 Å². The van der Waals surface area contributed by atoms with Gasteiger partial charge >= 0.3 is 5.97 Å². The molecule has 3 nitrogen and oxygen atoms in total. The van der Waals surface area contributed by atoms with Gasteiger partial charge in [-0.1, -0.05) is 0 Å². The van der Waals surface area contributed by atoms with E-state index in [0.29, 0.717) is 23.3 Å². The Kier molecular flexibility index (Phi) is 2.81. The fourth-order valence-electron chi connectivity index (χ4n) is 6.84. The smallest absolute Gasteiger partial charge is 0.305 e. The topological polar surface area (TPSA) is 29.5 Å². The summed E-state index contributed by atoms with van der Waals surface area (Å²) in [4.78, 5) is 14.8. The van der Waals surface area contributed by atoms with Crippen LogP contribution in [-0.2, 0) is 9.53 Å². The van der Waals surface area contributed by atoms with E-state index >= 15 is 0 Å². The van der Waals surface area contributed by atoms with Crippen LogP contribution in [0.25, 0.3) is 0 Å². The Bertz CT molecular complexity index is 554. The first-order chi connectivity index (χ1) is 10.9. The van der Waals surface area contributed by atoms with Gasteiger partial charge in [-0.2, -0.15) is 0 Å². The molecular weight excluding hydrogens is 285 g/mol. The predicted octanol–water partition coefficient (Wildman–Crippen LogP) is 2.80. The monoisotopic (exact) mass is 313 g/mol. The minimum absolute atomic E-state index is 0.0995. The summed E-state index contributed by atoms with van der Waals surface area (Å²) in [5.41, 5.74) is 1.10. The van der Waals surface area contributed by atoms with Crippen molar-refractivity contribution in [1.29, 1.82) is 0 Å². The van der Waals surface area contributed by atoms with E-state index in [-0.39, 0.29) is 18.0 Å². The van der Waals surface area contributed by atoms with Gasteiger partial charge in [0.15, 0.2) is 0 Å². The summed E-state index contributed by atoms with van der Waals surface area (Å²) in [7, 11) is 10.7. The summed E-state index contributed by atoms with van der Waals surface area (Å²) >= 11 is 0. The Hall–Kier alpha value is -0.505. The van der Waals surface area contributed by atoms with E-state index in [1.54, 1.807) is 0 Å². The van der Waals surface area contributed by atoms with Crippen molar-refractivity contribution in [2.75, 3.05) is 20.6 Å². The zero-order valence-electron chi connectivity index (χ0n) is 14.5. The van der Waals surface area contributed by atoms with Crippen LogP contribution in [0.4, 0.5) is 0 Å². The fraction of sp³-hybridized carbons (Fsp3) is 0.947. The summed E-state index contributed by atoms with van der Waals surface area (Å²) in [5.74, 6) is 1.50. The zero-order valence-corrected chi connectivity index (χ0v) is 14.5. The van der Waals surface area contributed by atoms with Gasteiger partial charge in [-0.15, -0.1) is 0 Å². The van der Waals surface area contributed by atoms with Crippen molar-refractivity contribution >= 4 is 13.8 Å². The Morgan fingerprint density at radius 1 is 1.04 bits per heavy atom. The van der Waals surface area contributed by atoms with Crippen LogP contribution < -0.4 is 0 Å². The number of fused-ring (bicyclic) bond motifs is 5. The number of esters is 1. The lowest BCUT2D eigenvalue weighted by Gasteiger charge is -2.35. The minimum Gasteiger partial charge on any atom is -0.462 e. The minimum atomic E-state index is -0.794. The van der Waals surface area contributed by atoms with Gasteiger partial charge in [0.1, 0.15) is 6.10 Å². The molecule has 4 aliphatic carbocycles. The van der Waals surface area contributed by atoms with Crippen LogP contribution >= 0.6 is 0 Å². The zero-order chi connectivity index (χ0) is 16.0. The maximum absolute atomic E-state index is 12.7. The number of hydrogen-bond donors (Lipinski definition) is 0. The van der Waals surface area contributed by atoms with Crippen molar-refractivity contribution in [2.45, 2.75) is 62.8 Å². The third-order valence-corrected chi connectivity index (χ3v) is 8.23. The average Bonchev–Trinajstić information content (AvgIpc) is 3.35. The van der Waals surface area contributed by atoms with E-state index in [2.05, 4.69) is 4.90 Å². The highest BCUT2D eigenvalue weighted by molar-refractivity contribution is 6.28. The Morgan fingerprint density at radius 2 is 1.65 bits per heavy atom. The van der Waals surface area contributed by atoms with E-state index in [0.717, 1.165) is 12.3 Å². The molecule has 4 heteroatoms. The second-order valence-electron chi connectivity index (χ2n) is 9.69. The van der Waals surface area contributed by atoms with Gasteiger partial charge in [0.25, 0.3) is 0 Å². The van der Waals surface area contributed by atoms with E-state index in [9.17, 15) is 4.79 Å². The molecule has 2 radical (unpaired) electrons. The number of ether oxygens (including phenoxy) is 1. The molecule has 1 saturated heterocycles. The number of rotatable bonds is 2. The normalized spacial score (nSPS) is 48.2. The molecule has 1 aliphatic heterocycles. The summed E-state index contributed by atoms with van der Waals surface area (Å²) < 4.78 is 6.08. The van der Waals surface area contributed by atoms with Crippen LogP contribution in [0.15, 0.2) is 0 Å². The lowest BCUT2D eigenvalue weighted by molar-refractivity contribution is -0.147. The Labute approximate surface area is 140 Å². The molecule has 0 aromatic rings. The molecule has 4 saturated carbocycles. The van der Waals surface area contributed by atoms with Crippen LogP contribution in [0.2, 0.25) is 5.31 Å². The molecule has 1 heterocycles. The van der Waals surface area contributed by atoms with E-state index in [4.69, 9.17) is 12.6 Å². The number of hydrogen-bond acceptors (Lipinski definition) is 3. The van der Waals surface area contributed by atoms with Crippen LogP contribution in [0.5, 0.6) is 0 Å². The first-order valence-electron chi connectivity index (χ1n) is 9.55. The average molecular weight is 313 g/mol. The summed E-state index contributed by atoms with van der Waals surface area (Å²) in [5, 5.41) is -0.794. The quantitative estimate of drug-likeness (QED) is 0.580. The number of carbonyl (C=O) groups is 1. The van der Waals surface area contributed by atoms with Gasteiger partial charge < -0.3 is 9.64 Å². The maximum Gasteiger partial charge on any atom is 0.305 e. The van der Waals surface area contributed by atoms with Crippen LogP contribution in [0, 0.1) is 28.6 Å². The molecule has 0 N–H and O–H groups in total. The molecule has 0 bridgehead atoms. The van der Waals surface area contributed by atoms with Gasteiger partial charge in [-0.25, -0.2) is 0 Å². The molecule has 5 fully saturated rings. The highest BCUT2D eigenvalue weighted by Crippen LogP contribution is 2.75. The standard InChI is InChI=1S/C19H28BNO2/c1-21(2)11-19(20)13-4-5-17(7-8-17)12-3-6-18(9-10-18)14(12)15(13)23-16(19)22/h12-15H,3-11H2,1-2H3/t12-,13-,14+,15+,19-/m1/s1. The lowest BCUT2D eigenvalue weighted by atomic mass is 9.58. The molecule has 5 aliphatic rings. The third-order valence-electron chi connectivity index (χ3n) is 8.23. The highest BCUT2D eigenvalue weighted by Gasteiger charge is 2.71. The molecule has 2 spiro atoms. The van der Waals surface area contributed by atoms with Crippen molar-refractivity contribution in [1.82, 2.24) is 4.90 Å². The summed E-state index contributed by atoms with van der Waals surface area (Å²) in [6, 6.07) is 0. The van der Waals surface area contributed by atoms with E-state index in [1.807, 2.05) is 14.1 Å². The van der Waals surface area contributed by atoms with Crippen molar-refractivity contribution in [3.63, 3.8) is 0 Å². The summed E-state index contributed by atoms with van der Waals surface area (Å²) in [6.45, 7) is 0.615. The molecule has 0 aromatic heterocycles. The Morgan fingerprint density at radius 3 is 2.26 bits per heavy atom. The van der Waals surface area contributed by atoms with Crippen LogP contribution in [0.1, 0.15) is 51.4 Å². The first kappa shape index (κ1) is 14.8. The second kappa shape index (κ2) is 4.36. The second-order valence-corrected chi connectivity index (χ2v) is 9.69. The van der Waals surface area contributed by atoms with Gasteiger partial charge in [0, 0.05) is 23.7 Å². The SMILES string of the molecule is [B][C@@]1(CN(C)C)C(=O)O[C@@H]2[C@@H]3[C@@H](CCC34CC4)C3(CC[C@H]21)CC3. The molecule has 5 atom stereocenters. The molecule has 5 rings (SSSR count). The molecular formula is C19H28BNO2. The predicted molar refractivity (Wildman–Crippen MR) is 89.2 cm³/mol. The van der Waals surface area contributed by atoms with Crippen molar-refractivity contribution in [2.24, 2.45) is 28.6 Å². The van der Waals surface area contributed by atoms with Gasteiger partial charge in [0.05, 0.1) is 7.85 Å². The summed E-state index contributed by atoms with van der Waals surface area (Å²) in [6.07, 6.45) is 10.7. The number of carbonyl (C=O) groups excluding carboxylic acids is 1.